The molecule has 0 aromatic heterocycles. The fourth-order valence-corrected chi connectivity index (χ4v) is 6.80. The number of carbonyl (C=O) groups excluding carboxylic acids is 1. The molecular weight excluding hydrogens is 498 g/mol. The average Bonchev–Trinajstić information content (AvgIpc) is 2.88. The van der Waals surface area contributed by atoms with E-state index in [0.717, 1.165) is 6.42 Å². The first-order chi connectivity index (χ1) is 17.2. The lowest BCUT2D eigenvalue weighted by molar-refractivity contribution is -0.133. The number of rotatable bonds is 11. The van der Waals surface area contributed by atoms with Gasteiger partial charge in [-0.2, -0.15) is 4.31 Å². The zero-order chi connectivity index (χ0) is 26.3. The normalized spacial score (nSPS) is 19.3. The number of hydrogen-bond acceptors (Lipinski definition) is 8. The summed E-state index contributed by atoms with van der Waals surface area (Å²) in [5.74, 6) is -2.98. The topological polar surface area (TPSA) is 112 Å². The van der Waals surface area contributed by atoms with E-state index in [1.165, 1.54) is 16.4 Å². The Bertz CT molecular complexity index is 973. The van der Waals surface area contributed by atoms with Crippen molar-refractivity contribution < 1.29 is 36.7 Å². The molecule has 2 aliphatic rings. The minimum atomic E-state index is -4.13. The van der Waals surface area contributed by atoms with Gasteiger partial charge in [-0.05, 0) is 19.3 Å². The van der Waals surface area contributed by atoms with E-state index in [-0.39, 0.29) is 45.6 Å². The number of sulfonamides is 1. The molecule has 0 unspecified atom stereocenters. The number of methoxy groups -OCH3 is 1. The maximum Gasteiger partial charge on any atom is 0.266 e. The minimum absolute atomic E-state index is 0.0293. The van der Waals surface area contributed by atoms with Gasteiger partial charge in [-0.1, -0.05) is 13.3 Å². The number of benzene rings is 1. The van der Waals surface area contributed by atoms with Crippen LogP contribution in [0.3, 0.4) is 0 Å². The van der Waals surface area contributed by atoms with Crippen molar-refractivity contribution in [3.8, 4) is 5.75 Å². The summed E-state index contributed by atoms with van der Waals surface area (Å²) >= 11 is 0. The van der Waals surface area contributed by atoms with Gasteiger partial charge in [-0.25, -0.2) is 22.7 Å². The third-order valence-electron chi connectivity index (χ3n) is 6.96. The van der Waals surface area contributed by atoms with Gasteiger partial charge in [-0.15, -0.1) is 0 Å². The lowest BCUT2D eigenvalue weighted by Crippen LogP contribution is -2.63. The number of nitrogens with one attached hydrogen (secondary N) is 1. The van der Waals surface area contributed by atoms with Crippen LogP contribution in [0.15, 0.2) is 12.1 Å². The molecule has 2 saturated heterocycles. The van der Waals surface area contributed by atoms with Crippen LogP contribution in [-0.2, 0) is 19.6 Å². The highest BCUT2D eigenvalue weighted by molar-refractivity contribution is 7.91. The summed E-state index contributed by atoms with van der Waals surface area (Å²) in [5, 5.41) is 9.35. The van der Waals surface area contributed by atoms with E-state index >= 15 is 0 Å². The van der Waals surface area contributed by atoms with E-state index in [2.05, 4.69) is 0 Å². The van der Waals surface area contributed by atoms with Crippen molar-refractivity contribution in [2.45, 2.75) is 37.4 Å². The van der Waals surface area contributed by atoms with Crippen molar-refractivity contribution in [2.24, 2.45) is 0 Å². The molecule has 0 radical (unpaired) electrons. The molecule has 0 bridgehead atoms. The molecule has 1 aromatic carbocycles. The maximum absolute atomic E-state index is 14.5. The van der Waals surface area contributed by atoms with Crippen LogP contribution in [0.4, 0.5) is 14.5 Å². The van der Waals surface area contributed by atoms with Crippen LogP contribution in [0.1, 0.15) is 32.6 Å². The highest BCUT2D eigenvalue weighted by Crippen LogP contribution is 2.35. The predicted molar refractivity (Wildman–Crippen MR) is 130 cm³/mol. The smallest absolute Gasteiger partial charge is 0.266 e. The van der Waals surface area contributed by atoms with E-state index in [9.17, 15) is 27.2 Å². The summed E-state index contributed by atoms with van der Waals surface area (Å²) in [6.45, 7) is 4.43. The fourth-order valence-electron chi connectivity index (χ4n) is 4.68. The standard InChI is InChI=1S/C23H36F2N4O6S/c1-3-4-14-35-21-19(24)16-18(17-20(21)25)28-9-11-29(12-10-28)36(32,33)23(22(30)26-31)5-7-27(8-6-23)13-15-34-2/h16-17,31H,3-15H2,1-2H3,(H,26,30). The number of ether oxygens (including phenoxy) is 2. The van der Waals surface area contributed by atoms with Crippen LogP contribution in [0, 0.1) is 11.6 Å². The number of nitrogens with zero attached hydrogens (tertiary/aromatic N) is 3. The van der Waals surface area contributed by atoms with Crippen molar-refractivity contribution in [3.63, 3.8) is 0 Å². The number of piperidine rings is 1. The molecule has 36 heavy (non-hydrogen) atoms. The average molecular weight is 535 g/mol. The second-order valence-electron chi connectivity index (χ2n) is 9.10. The van der Waals surface area contributed by atoms with Crippen molar-refractivity contribution >= 4 is 21.6 Å². The highest BCUT2D eigenvalue weighted by atomic mass is 32.2. The zero-order valence-electron chi connectivity index (χ0n) is 20.8. The van der Waals surface area contributed by atoms with Crippen LogP contribution < -0.4 is 15.1 Å². The van der Waals surface area contributed by atoms with Gasteiger partial charge in [0, 0.05) is 70.7 Å². The number of unbranched alkanes of at least 4 members (excludes halogenated alkanes) is 1. The first-order valence-electron chi connectivity index (χ1n) is 12.2. The second-order valence-corrected chi connectivity index (χ2v) is 11.3. The molecule has 0 spiro atoms. The third-order valence-corrected chi connectivity index (χ3v) is 9.58. The summed E-state index contributed by atoms with van der Waals surface area (Å²) in [6, 6.07) is 2.37. The highest BCUT2D eigenvalue weighted by Gasteiger charge is 2.55. The summed E-state index contributed by atoms with van der Waals surface area (Å²) in [7, 11) is -2.56. The summed E-state index contributed by atoms with van der Waals surface area (Å²) < 4.78 is 66.1. The second kappa shape index (κ2) is 12.5. The molecule has 3 rings (SSSR count). The van der Waals surface area contributed by atoms with E-state index in [4.69, 9.17) is 9.47 Å². The molecule has 2 N–H and O–H groups in total. The number of hydrogen-bond donors (Lipinski definition) is 2. The van der Waals surface area contributed by atoms with Crippen molar-refractivity contribution in [3.05, 3.63) is 23.8 Å². The van der Waals surface area contributed by atoms with Gasteiger partial charge in [0.05, 0.1) is 13.2 Å². The largest absolute Gasteiger partial charge is 0.488 e. The molecule has 2 fully saturated rings. The molecule has 0 aliphatic carbocycles. The van der Waals surface area contributed by atoms with Gasteiger partial charge in [0.1, 0.15) is 0 Å². The molecule has 2 heterocycles. The molecule has 204 valence electrons. The number of piperazine rings is 1. The Morgan fingerprint density at radius 3 is 2.22 bits per heavy atom. The SMILES string of the molecule is CCCCOc1c(F)cc(N2CCN(S(=O)(=O)C3(C(=O)NO)CCN(CCOC)CC3)CC2)cc1F. The van der Waals surface area contributed by atoms with Crippen LogP contribution >= 0.6 is 0 Å². The summed E-state index contributed by atoms with van der Waals surface area (Å²) in [5.41, 5.74) is 1.85. The summed E-state index contributed by atoms with van der Waals surface area (Å²) in [4.78, 5) is 16.4. The first kappa shape index (κ1) is 28.5. The van der Waals surface area contributed by atoms with Crippen LogP contribution in [0.5, 0.6) is 5.75 Å². The molecule has 0 atom stereocenters. The lowest BCUT2D eigenvalue weighted by Gasteiger charge is -2.44. The number of amides is 1. The Hall–Kier alpha value is -2.06. The van der Waals surface area contributed by atoms with Crippen molar-refractivity contribution in [1.82, 2.24) is 14.7 Å². The molecule has 1 aromatic rings. The Balaban J connectivity index is 1.70. The lowest BCUT2D eigenvalue weighted by atomic mass is 9.95. The van der Waals surface area contributed by atoms with Gasteiger partial charge in [0.2, 0.25) is 10.0 Å². The van der Waals surface area contributed by atoms with Gasteiger partial charge in [0.25, 0.3) is 5.91 Å². The number of halogens is 2. The van der Waals surface area contributed by atoms with E-state index in [1.54, 1.807) is 17.5 Å². The first-order valence-corrected chi connectivity index (χ1v) is 13.7. The molecule has 0 saturated carbocycles. The van der Waals surface area contributed by atoms with Crippen molar-refractivity contribution in [2.75, 3.05) is 71.0 Å². The van der Waals surface area contributed by atoms with Gasteiger partial charge >= 0.3 is 0 Å². The number of carbonyl (C=O) groups is 1. The third kappa shape index (κ3) is 5.91. The van der Waals surface area contributed by atoms with Crippen molar-refractivity contribution in [1.29, 1.82) is 0 Å². The van der Waals surface area contributed by atoms with Crippen LogP contribution in [-0.4, -0.2) is 99.6 Å². The summed E-state index contributed by atoms with van der Waals surface area (Å²) in [6.07, 6.45) is 1.57. The van der Waals surface area contributed by atoms with Gasteiger partial charge in [-0.3, -0.25) is 10.0 Å². The minimum Gasteiger partial charge on any atom is -0.488 e. The monoisotopic (exact) mass is 534 g/mol. The quantitative estimate of drug-likeness (QED) is 0.250. The van der Waals surface area contributed by atoms with E-state index in [0.29, 0.717) is 38.3 Å². The van der Waals surface area contributed by atoms with Crippen LogP contribution in [0.25, 0.3) is 0 Å². The Kier molecular flexibility index (Phi) is 9.86. The molecule has 2 aliphatic heterocycles. The maximum atomic E-state index is 14.5. The Labute approximate surface area is 211 Å². The molecular formula is C23H36F2N4O6S. The fraction of sp³-hybridized carbons (Fsp3) is 0.696. The number of hydroxylamine groups is 1. The van der Waals surface area contributed by atoms with Gasteiger partial charge in [0.15, 0.2) is 22.1 Å². The zero-order valence-corrected chi connectivity index (χ0v) is 21.7. The number of anilines is 1. The van der Waals surface area contributed by atoms with E-state index in [1.807, 2.05) is 11.8 Å². The Morgan fingerprint density at radius 2 is 1.69 bits per heavy atom. The predicted octanol–water partition coefficient (Wildman–Crippen LogP) is 1.58. The molecule has 13 heteroatoms. The van der Waals surface area contributed by atoms with Crippen LogP contribution in [0.2, 0.25) is 0 Å². The van der Waals surface area contributed by atoms with Gasteiger partial charge < -0.3 is 19.3 Å². The Morgan fingerprint density at radius 1 is 1.08 bits per heavy atom. The number of likely N-dealkylation sites (tertiary alicyclic amines) is 1. The molecule has 1 amide bonds. The molecule has 10 nitrogen and oxygen atoms in total. The van der Waals surface area contributed by atoms with E-state index < -0.39 is 38.1 Å².